The quantitative estimate of drug-likeness (QED) is 0.407. The Labute approximate surface area is 217 Å². The maximum atomic E-state index is 13.2. The minimum atomic E-state index is 0.0964. The van der Waals surface area contributed by atoms with Crippen molar-refractivity contribution in [1.82, 2.24) is 24.6 Å². The number of nitrogens with zero attached hydrogens (tertiary/aromatic N) is 6. The van der Waals surface area contributed by atoms with E-state index in [1.165, 1.54) is 0 Å². The summed E-state index contributed by atoms with van der Waals surface area (Å²) in [6, 6.07) is 8.05. The fraction of sp³-hybridized carbons (Fsp3) is 0.556. The number of rotatable bonds is 9. The van der Waals surface area contributed by atoms with E-state index in [0.29, 0.717) is 33.0 Å². The summed E-state index contributed by atoms with van der Waals surface area (Å²) in [6.07, 6.45) is 7.25. The first-order valence-electron chi connectivity index (χ1n) is 13.2. The summed E-state index contributed by atoms with van der Waals surface area (Å²) in [5.41, 5.74) is 1.90. The zero-order valence-corrected chi connectivity index (χ0v) is 21.7. The minimum Gasteiger partial charge on any atom is -0.494 e. The second-order valence-corrected chi connectivity index (χ2v) is 9.68. The number of piperazine rings is 1. The first kappa shape index (κ1) is 25.4. The summed E-state index contributed by atoms with van der Waals surface area (Å²) < 4.78 is 18.2. The predicted octanol–water partition coefficient (Wildman–Crippen LogP) is 3.10. The highest BCUT2D eigenvalue weighted by Gasteiger charge is 2.32. The van der Waals surface area contributed by atoms with Gasteiger partial charge in [-0.2, -0.15) is 5.10 Å². The predicted molar refractivity (Wildman–Crippen MR) is 140 cm³/mol. The molecule has 198 valence electrons. The van der Waals surface area contributed by atoms with Gasteiger partial charge in [-0.25, -0.2) is 14.6 Å². The van der Waals surface area contributed by atoms with E-state index >= 15 is 0 Å². The molecule has 0 atom stereocenters. The Kier molecular flexibility index (Phi) is 8.15. The largest absolute Gasteiger partial charge is 0.494 e. The molecule has 1 aromatic carbocycles. The molecule has 2 aliphatic rings. The molecule has 1 saturated heterocycles. The highest BCUT2D eigenvalue weighted by Crippen LogP contribution is 2.29. The summed E-state index contributed by atoms with van der Waals surface area (Å²) in [5, 5.41) is 5.54. The van der Waals surface area contributed by atoms with E-state index in [1.807, 2.05) is 40.9 Å². The van der Waals surface area contributed by atoms with Gasteiger partial charge in [0.15, 0.2) is 5.65 Å². The fourth-order valence-corrected chi connectivity index (χ4v) is 5.36. The zero-order valence-electron chi connectivity index (χ0n) is 21.7. The Bertz CT molecular complexity index is 1180. The molecule has 0 bridgehead atoms. The van der Waals surface area contributed by atoms with Gasteiger partial charge in [0.05, 0.1) is 30.8 Å². The van der Waals surface area contributed by atoms with Gasteiger partial charge in [0.25, 0.3) is 0 Å². The lowest BCUT2D eigenvalue weighted by Crippen LogP contribution is -2.51. The molecule has 0 radical (unpaired) electrons. The number of benzene rings is 1. The van der Waals surface area contributed by atoms with Gasteiger partial charge in [0.1, 0.15) is 24.7 Å². The van der Waals surface area contributed by atoms with Crippen LogP contribution in [0.1, 0.15) is 38.2 Å². The van der Waals surface area contributed by atoms with Crippen LogP contribution < -0.4 is 9.64 Å². The van der Waals surface area contributed by atoms with Crippen molar-refractivity contribution < 1.29 is 19.0 Å². The molecular weight excluding hydrogens is 472 g/mol. The molecule has 1 aliphatic carbocycles. The Morgan fingerprint density at radius 2 is 1.89 bits per heavy atom. The van der Waals surface area contributed by atoms with Crippen LogP contribution in [-0.4, -0.2) is 83.3 Å². The van der Waals surface area contributed by atoms with Gasteiger partial charge >= 0.3 is 0 Å². The number of carbonyl (C=O) groups is 1. The van der Waals surface area contributed by atoms with Crippen LogP contribution in [0.2, 0.25) is 0 Å². The minimum absolute atomic E-state index is 0.0964. The van der Waals surface area contributed by atoms with Crippen molar-refractivity contribution in [1.29, 1.82) is 0 Å². The summed E-state index contributed by atoms with van der Waals surface area (Å²) in [6.45, 7) is 6.41. The lowest BCUT2D eigenvalue weighted by atomic mass is 9.86. The summed E-state index contributed by atoms with van der Waals surface area (Å²) >= 11 is 0. The third-order valence-corrected chi connectivity index (χ3v) is 7.29. The van der Waals surface area contributed by atoms with Gasteiger partial charge in [-0.3, -0.25) is 4.79 Å². The van der Waals surface area contributed by atoms with Crippen molar-refractivity contribution >= 4 is 22.8 Å². The molecule has 0 spiro atoms. The van der Waals surface area contributed by atoms with Gasteiger partial charge in [0.2, 0.25) is 5.91 Å². The maximum Gasteiger partial charge on any atom is 0.225 e. The van der Waals surface area contributed by atoms with Crippen molar-refractivity contribution in [3.05, 3.63) is 42.4 Å². The van der Waals surface area contributed by atoms with E-state index in [-0.39, 0.29) is 17.9 Å². The van der Waals surface area contributed by atoms with Crippen LogP contribution in [0.5, 0.6) is 5.75 Å². The van der Waals surface area contributed by atoms with Gasteiger partial charge in [-0.05, 0) is 50.3 Å². The zero-order chi connectivity index (χ0) is 25.6. The van der Waals surface area contributed by atoms with Crippen molar-refractivity contribution in [3.8, 4) is 5.75 Å². The second-order valence-electron chi connectivity index (χ2n) is 9.68. The monoisotopic (exact) mass is 508 g/mol. The molecule has 1 aliphatic heterocycles. The average Bonchev–Trinajstić information content (AvgIpc) is 3.35. The standard InChI is InChI=1S/C27H36N6O4/c1-3-36-23-6-4-5-20(15-23)17-33-26-24(16-30-33)25(28-18-29-26)31-11-13-32(14-12-31)27(34)21-7-9-22(10-8-21)37-19-35-2/h4-6,15-16,18,21-22H,3,7-14,17,19H2,1-2H3. The highest BCUT2D eigenvalue weighted by atomic mass is 16.7. The number of methoxy groups -OCH3 is 1. The number of anilines is 1. The number of amides is 1. The molecule has 1 amide bonds. The molecule has 0 unspecified atom stereocenters. The van der Waals surface area contributed by atoms with Crippen molar-refractivity contribution in [2.24, 2.45) is 5.92 Å². The Hall–Kier alpha value is -3.24. The van der Waals surface area contributed by atoms with E-state index in [9.17, 15) is 4.79 Å². The van der Waals surface area contributed by atoms with E-state index < -0.39 is 0 Å². The van der Waals surface area contributed by atoms with Crippen molar-refractivity contribution in [2.75, 3.05) is 51.6 Å². The van der Waals surface area contributed by atoms with Gasteiger partial charge in [-0.15, -0.1) is 0 Å². The van der Waals surface area contributed by atoms with Crippen molar-refractivity contribution in [3.63, 3.8) is 0 Å². The molecule has 0 N–H and O–H groups in total. The van der Waals surface area contributed by atoms with Gasteiger partial charge in [-0.1, -0.05) is 12.1 Å². The number of ether oxygens (including phenoxy) is 3. The highest BCUT2D eigenvalue weighted by molar-refractivity contribution is 5.87. The Morgan fingerprint density at radius 3 is 2.65 bits per heavy atom. The lowest BCUT2D eigenvalue weighted by Gasteiger charge is -2.38. The molecule has 2 fully saturated rings. The Balaban J connectivity index is 1.20. The first-order chi connectivity index (χ1) is 18.2. The molecule has 5 rings (SSSR count). The van der Waals surface area contributed by atoms with Crippen LogP contribution >= 0.6 is 0 Å². The van der Waals surface area contributed by atoms with Crippen LogP contribution in [0.3, 0.4) is 0 Å². The summed E-state index contributed by atoms with van der Waals surface area (Å²) in [7, 11) is 1.64. The second kappa shape index (κ2) is 11.9. The van der Waals surface area contributed by atoms with Crippen LogP contribution in [0, 0.1) is 5.92 Å². The normalized spacial score (nSPS) is 20.4. The van der Waals surface area contributed by atoms with E-state index in [2.05, 4.69) is 26.0 Å². The van der Waals surface area contributed by atoms with Crippen molar-refractivity contribution in [2.45, 2.75) is 45.3 Å². The van der Waals surface area contributed by atoms with E-state index in [1.54, 1.807) is 13.4 Å². The topological polar surface area (TPSA) is 94.8 Å². The molecule has 10 nitrogen and oxygen atoms in total. The number of aromatic nitrogens is 4. The molecule has 2 aromatic heterocycles. The number of carbonyl (C=O) groups excluding carboxylic acids is 1. The van der Waals surface area contributed by atoms with Crippen LogP contribution in [-0.2, 0) is 20.8 Å². The Morgan fingerprint density at radius 1 is 1.08 bits per heavy atom. The average molecular weight is 509 g/mol. The van der Waals surface area contributed by atoms with Gasteiger partial charge < -0.3 is 24.0 Å². The van der Waals surface area contributed by atoms with Crippen LogP contribution in [0.15, 0.2) is 36.8 Å². The van der Waals surface area contributed by atoms with E-state index in [0.717, 1.165) is 66.9 Å². The molecule has 10 heteroatoms. The lowest BCUT2D eigenvalue weighted by molar-refractivity contribution is -0.139. The van der Waals surface area contributed by atoms with E-state index in [4.69, 9.17) is 14.2 Å². The number of hydrogen-bond acceptors (Lipinski definition) is 8. The molecule has 37 heavy (non-hydrogen) atoms. The maximum absolute atomic E-state index is 13.2. The summed E-state index contributed by atoms with van der Waals surface area (Å²) in [4.78, 5) is 26.6. The third-order valence-electron chi connectivity index (χ3n) is 7.29. The number of hydrogen-bond donors (Lipinski definition) is 0. The molecule has 3 heterocycles. The SMILES string of the molecule is CCOc1cccc(Cn2ncc3c(N4CCN(C(=O)C5CCC(OCOC)CC5)CC4)ncnc32)c1. The molecular formula is C27H36N6O4. The first-order valence-corrected chi connectivity index (χ1v) is 13.2. The smallest absolute Gasteiger partial charge is 0.225 e. The van der Waals surface area contributed by atoms with Gasteiger partial charge in [0, 0.05) is 39.2 Å². The fourth-order valence-electron chi connectivity index (χ4n) is 5.36. The molecule has 1 saturated carbocycles. The van der Waals surface area contributed by atoms with Crippen LogP contribution in [0.25, 0.3) is 11.0 Å². The number of fused-ring (bicyclic) bond motifs is 1. The summed E-state index contributed by atoms with van der Waals surface area (Å²) in [5.74, 6) is 2.10. The molecule has 3 aromatic rings. The third kappa shape index (κ3) is 5.86. The van der Waals surface area contributed by atoms with Crippen LogP contribution in [0.4, 0.5) is 5.82 Å².